The highest BCUT2D eigenvalue weighted by molar-refractivity contribution is 6.42. The molecule has 0 saturated heterocycles. The number of likely N-dealkylation sites (N-methyl/N-ethyl adjacent to an activating group) is 1. The van der Waals surface area contributed by atoms with E-state index < -0.39 is 0 Å². The van der Waals surface area contributed by atoms with Gasteiger partial charge in [-0.3, -0.25) is 9.59 Å². The fourth-order valence-electron chi connectivity index (χ4n) is 2.16. The zero-order chi connectivity index (χ0) is 17.7. The molecule has 0 bridgehead atoms. The van der Waals surface area contributed by atoms with Crippen molar-refractivity contribution < 1.29 is 9.59 Å². The van der Waals surface area contributed by atoms with Gasteiger partial charge in [-0.2, -0.15) is 0 Å². The number of aryl methyl sites for hydroxylation is 1. The Balaban J connectivity index is 1.91. The minimum Gasteiger partial charge on any atom is -0.343 e. The number of halogens is 2. The number of hydrogen-bond donors (Lipinski definition) is 1. The lowest BCUT2D eigenvalue weighted by Gasteiger charge is -2.19. The third-order valence-corrected chi connectivity index (χ3v) is 4.42. The summed E-state index contributed by atoms with van der Waals surface area (Å²) in [5.41, 5.74) is 2.56. The molecule has 24 heavy (non-hydrogen) atoms. The van der Waals surface area contributed by atoms with Crippen molar-refractivity contribution in [2.24, 2.45) is 0 Å². The number of rotatable bonds is 5. The fraction of sp³-hybridized carbons (Fsp3) is 0.222. The van der Waals surface area contributed by atoms with E-state index in [0.29, 0.717) is 22.2 Å². The van der Waals surface area contributed by atoms with Crippen molar-refractivity contribution in [2.45, 2.75) is 13.5 Å². The molecule has 0 fully saturated rings. The molecule has 2 aromatic rings. The van der Waals surface area contributed by atoms with Gasteiger partial charge in [0.1, 0.15) is 0 Å². The van der Waals surface area contributed by atoms with Gasteiger partial charge in [-0.15, -0.1) is 0 Å². The maximum absolute atomic E-state index is 12.2. The van der Waals surface area contributed by atoms with E-state index >= 15 is 0 Å². The molecule has 6 heteroatoms. The minimum atomic E-state index is -0.369. The molecule has 2 rings (SSSR count). The van der Waals surface area contributed by atoms with Crippen LogP contribution in [0, 0.1) is 6.92 Å². The van der Waals surface area contributed by atoms with Crippen LogP contribution in [-0.4, -0.2) is 30.3 Å². The molecule has 0 radical (unpaired) electrons. The largest absolute Gasteiger partial charge is 0.343 e. The average Bonchev–Trinajstić information content (AvgIpc) is 2.56. The Labute approximate surface area is 151 Å². The summed E-state index contributed by atoms with van der Waals surface area (Å²) in [5.74, 6) is -0.544. The van der Waals surface area contributed by atoms with Gasteiger partial charge < -0.3 is 10.2 Å². The maximum atomic E-state index is 12.2. The van der Waals surface area contributed by atoms with E-state index in [1.54, 1.807) is 24.1 Å². The van der Waals surface area contributed by atoms with Crippen LogP contribution in [-0.2, 0) is 11.3 Å². The highest BCUT2D eigenvalue weighted by atomic mass is 35.5. The zero-order valence-corrected chi connectivity index (χ0v) is 15.0. The first-order valence-corrected chi connectivity index (χ1v) is 8.16. The molecule has 0 aliphatic heterocycles. The van der Waals surface area contributed by atoms with Crippen molar-refractivity contribution in [1.29, 1.82) is 0 Å². The predicted octanol–water partition coefficient (Wildman–Crippen LogP) is 3.69. The lowest BCUT2D eigenvalue weighted by Crippen LogP contribution is -2.37. The van der Waals surface area contributed by atoms with Gasteiger partial charge in [0.25, 0.3) is 5.91 Å². The Morgan fingerprint density at radius 2 is 1.79 bits per heavy atom. The number of benzene rings is 2. The van der Waals surface area contributed by atoms with Crippen LogP contribution in [0.5, 0.6) is 0 Å². The number of nitrogens with zero attached hydrogens (tertiary/aromatic N) is 1. The highest BCUT2D eigenvalue weighted by Crippen LogP contribution is 2.22. The van der Waals surface area contributed by atoms with Crippen LogP contribution < -0.4 is 5.32 Å². The summed E-state index contributed by atoms with van der Waals surface area (Å²) in [6, 6.07) is 12.5. The van der Waals surface area contributed by atoms with E-state index in [4.69, 9.17) is 23.2 Å². The van der Waals surface area contributed by atoms with Crippen molar-refractivity contribution in [2.75, 3.05) is 13.6 Å². The summed E-state index contributed by atoms with van der Waals surface area (Å²) < 4.78 is 0. The monoisotopic (exact) mass is 364 g/mol. The zero-order valence-electron chi connectivity index (χ0n) is 13.5. The van der Waals surface area contributed by atoms with Gasteiger partial charge in [0.2, 0.25) is 5.91 Å². The Morgan fingerprint density at radius 3 is 2.46 bits per heavy atom. The Hall–Kier alpha value is -2.04. The molecule has 0 aliphatic carbocycles. The second kappa shape index (κ2) is 8.18. The number of hydrogen-bond acceptors (Lipinski definition) is 2. The van der Waals surface area contributed by atoms with E-state index in [1.807, 2.05) is 31.2 Å². The van der Waals surface area contributed by atoms with Gasteiger partial charge in [0.05, 0.1) is 16.6 Å². The van der Waals surface area contributed by atoms with Crippen LogP contribution in [0.15, 0.2) is 42.5 Å². The molecule has 0 heterocycles. The van der Waals surface area contributed by atoms with E-state index in [1.165, 1.54) is 6.07 Å². The van der Waals surface area contributed by atoms with Crippen LogP contribution in [0.3, 0.4) is 0 Å². The molecule has 0 saturated carbocycles. The quantitative estimate of drug-likeness (QED) is 0.879. The van der Waals surface area contributed by atoms with Crippen LogP contribution in [0.2, 0.25) is 10.0 Å². The van der Waals surface area contributed by atoms with Gasteiger partial charge in [0.15, 0.2) is 0 Å². The molecule has 0 spiro atoms. The standard InChI is InChI=1S/C18H18Cl2N2O2/c1-12-5-3-4-6-14(12)11-22(2)17(23)10-21-18(24)13-7-8-15(19)16(20)9-13/h3-9H,10-11H2,1-2H3,(H,21,24). The Kier molecular flexibility index (Phi) is 6.23. The molecule has 0 atom stereocenters. The van der Waals surface area contributed by atoms with Gasteiger partial charge in [-0.25, -0.2) is 0 Å². The second-order valence-corrected chi connectivity index (χ2v) is 6.30. The first-order valence-electron chi connectivity index (χ1n) is 7.40. The van der Waals surface area contributed by atoms with Crippen LogP contribution in [0.1, 0.15) is 21.5 Å². The molecule has 0 aliphatic rings. The molecule has 126 valence electrons. The van der Waals surface area contributed by atoms with Gasteiger partial charge in [0, 0.05) is 19.2 Å². The van der Waals surface area contributed by atoms with Gasteiger partial charge in [-0.05, 0) is 36.2 Å². The van der Waals surface area contributed by atoms with Gasteiger partial charge in [-0.1, -0.05) is 47.5 Å². The summed E-state index contributed by atoms with van der Waals surface area (Å²) in [6.07, 6.45) is 0. The van der Waals surface area contributed by atoms with Crippen molar-refractivity contribution in [1.82, 2.24) is 10.2 Å². The number of carbonyl (C=O) groups excluding carboxylic acids is 2. The Morgan fingerprint density at radius 1 is 1.08 bits per heavy atom. The summed E-state index contributed by atoms with van der Waals surface area (Å²) in [7, 11) is 1.71. The van der Waals surface area contributed by atoms with E-state index in [9.17, 15) is 9.59 Å². The van der Waals surface area contributed by atoms with Crippen molar-refractivity contribution >= 4 is 35.0 Å². The maximum Gasteiger partial charge on any atom is 0.251 e. The first kappa shape index (κ1) is 18.3. The molecular formula is C18H18Cl2N2O2. The summed E-state index contributed by atoms with van der Waals surface area (Å²) in [4.78, 5) is 25.8. The SMILES string of the molecule is Cc1ccccc1CN(C)C(=O)CNC(=O)c1ccc(Cl)c(Cl)c1. The lowest BCUT2D eigenvalue weighted by molar-refractivity contribution is -0.129. The summed E-state index contributed by atoms with van der Waals surface area (Å²) in [6.45, 7) is 2.41. The Bertz CT molecular complexity index is 762. The van der Waals surface area contributed by atoms with Crippen molar-refractivity contribution in [3.8, 4) is 0 Å². The topological polar surface area (TPSA) is 49.4 Å². The van der Waals surface area contributed by atoms with Crippen LogP contribution in [0.25, 0.3) is 0 Å². The third kappa shape index (κ3) is 4.73. The van der Waals surface area contributed by atoms with Crippen LogP contribution >= 0.6 is 23.2 Å². The normalized spacial score (nSPS) is 10.3. The van der Waals surface area contributed by atoms with E-state index in [2.05, 4.69) is 5.32 Å². The molecular weight excluding hydrogens is 347 g/mol. The van der Waals surface area contributed by atoms with Crippen molar-refractivity contribution in [3.05, 3.63) is 69.2 Å². The van der Waals surface area contributed by atoms with E-state index in [0.717, 1.165) is 11.1 Å². The molecule has 0 unspecified atom stereocenters. The fourth-order valence-corrected chi connectivity index (χ4v) is 2.46. The number of nitrogens with one attached hydrogen (secondary N) is 1. The minimum absolute atomic E-state index is 0.0819. The first-order chi connectivity index (χ1) is 11.4. The average molecular weight is 365 g/mol. The molecule has 2 amide bonds. The smallest absolute Gasteiger partial charge is 0.251 e. The molecule has 2 aromatic carbocycles. The molecule has 0 aromatic heterocycles. The highest BCUT2D eigenvalue weighted by Gasteiger charge is 2.13. The van der Waals surface area contributed by atoms with Crippen molar-refractivity contribution in [3.63, 3.8) is 0 Å². The van der Waals surface area contributed by atoms with E-state index in [-0.39, 0.29) is 18.4 Å². The predicted molar refractivity (Wildman–Crippen MR) is 96.4 cm³/mol. The lowest BCUT2D eigenvalue weighted by atomic mass is 10.1. The van der Waals surface area contributed by atoms with Gasteiger partial charge >= 0.3 is 0 Å². The number of carbonyl (C=O) groups is 2. The van der Waals surface area contributed by atoms with Crippen LogP contribution in [0.4, 0.5) is 0 Å². The third-order valence-electron chi connectivity index (χ3n) is 3.68. The second-order valence-electron chi connectivity index (χ2n) is 5.49. The summed E-state index contributed by atoms with van der Waals surface area (Å²) >= 11 is 11.7. The molecule has 1 N–H and O–H groups in total. The number of amides is 2. The summed E-state index contributed by atoms with van der Waals surface area (Å²) in [5, 5.41) is 3.27. The molecule has 4 nitrogen and oxygen atoms in total.